The standard InChI is InChI=1S/C14H13N5O3/c1-22-11-5-3-2-4-10(11)19-14-9(6-18-19)13(16-8-17-14)15-7-12(20)21/h2-6,8H,7H2,1H3,(H,20,21)(H,15,16,17). The van der Waals surface area contributed by atoms with Gasteiger partial charge in [-0.05, 0) is 12.1 Å². The molecule has 8 nitrogen and oxygen atoms in total. The Kier molecular flexibility index (Phi) is 3.57. The Labute approximate surface area is 125 Å². The zero-order valence-electron chi connectivity index (χ0n) is 11.7. The number of fused-ring (bicyclic) bond motifs is 1. The van der Waals surface area contributed by atoms with E-state index in [-0.39, 0.29) is 6.54 Å². The number of hydrogen-bond donors (Lipinski definition) is 2. The molecule has 0 radical (unpaired) electrons. The summed E-state index contributed by atoms with van der Waals surface area (Å²) in [5, 5.41) is 16.4. The summed E-state index contributed by atoms with van der Waals surface area (Å²) in [4.78, 5) is 19.0. The Morgan fingerprint density at radius 3 is 2.95 bits per heavy atom. The molecule has 0 aliphatic rings. The van der Waals surface area contributed by atoms with Gasteiger partial charge in [0.2, 0.25) is 0 Å². The van der Waals surface area contributed by atoms with E-state index in [1.807, 2.05) is 24.3 Å². The second-order valence-corrected chi connectivity index (χ2v) is 4.44. The third kappa shape index (κ3) is 2.41. The number of carboxylic acids is 1. The van der Waals surface area contributed by atoms with Crippen molar-refractivity contribution >= 4 is 22.8 Å². The lowest BCUT2D eigenvalue weighted by molar-refractivity contribution is -0.134. The van der Waals surface area contributed by atoms with E-state index >= 15 is 0 Å². The first-order valence-corrected chi connectivity index (χ1v) is 6.48. The summed E-state index contributed by atoms with van der Waals surface area (Å²) in [6.07, 6.45) is 2.95. The molecule has 0 bridgehead atoms. The van der Waals surface area contributed by atoms with Crippen LogP contribution in [0.1, 0.15) is 0 Å². The smallest absolute Gasteiger partial charge is 0.322 e. The van der Waals surface area contributed by atoms with Crippen LogP contribution in [0.3, 0.4) is 0 Å². The average Bonchev–Trinajstić information content (AvgIpc) is 2.97. The van der Waals surface area contributed by atoms with E-state index in [9.17, 15) is 4.79 Å². The van der Waals surface area contributed by atoms with E-state index in [1.54, 1.807) is 18.0 Å². The van der Waals surface area contributed by atoms with E-state index < -0.39 is 5.97 Å². The van der Waals surface area contributed by atoms with E-state index in [1.165, 1.54) is 6.33 Å². The molecule has 0 aliphatic carbocycles. The fourth-order valence-electron chi connectivity index (χ4n) is 2.13. The molecule has 0 fully saturated rings. The van der Waals surface area contributed by atoms with Crippen LogP contribution in [-0.2, 0) is 4.79 Å². The lowest BCUT2D eigenvalue weighted by atomic mass is 10.3. The number of carboxylic acid groups (broad SMARTS) is 1. The van der Waals surface area contributed by atoms with Gasteiger partial charge in [0, 0.05) is 0 Å². The largest absolute Gasteiger partial charge is 0.494 e. The lowest BCUT2D eigenvalue weighted by Gasteiger charge is -2.09. The number of aromatic nitrogens is 4. The van der Waals surface area contributed by atoms with Gasteiger partial charge >= 0.3 is 5.97 Å². The number of rotatable bonds is 5. The van der Waals surface area contributed by atoms with Crippen molar-refractivity contribution in [2.45, 2.75) is 0 Å². The van der Waals surface area contributed by atoms with Crippen molar-refractivity contribution in [1.82, 2.24) is 19.7 Å². The molecule has 2 aromatic heterocycles. The monoisotopic (exact) mass is 299 g/mol. The first-order valence-electron chi connectivity index (χ1n) is 6.48. The molecule has 0 atom stereocenters. The summed E-state index contributed by atoms with van der Waals surface area (Å²) < 4.78 is 6.96. The highest BCUT2D eigenvalue weighted by Gasteiger charge is 2.14. The highest BCUT2D eigenvalue weighted by Crippen LogP contribution is 2.26. The molecular formula is C14H13N5O3. The van der Waals surface area contributed by atoms with Crippen LogP contribution >= 0.6 is 0 Å². The minimum absolute atomic E-state index is 0.230. The Morgan fingerprint density at radius 1 is 1.36 bits per heavy atom. The van der Waals surface area contributed by atoms with E-state index in [2.05, 4.69) is 20.4 Å². The number of carbonyl (C=O) groups is 1. The van der Waals surface area contributed by atoms with Gasteiger partial charge in [0.1, 0.15) is 30.1 Å². The normalized spacial score (nSPS) is 10.6. The molecule has 112 valence electrons. The molecule has 1 aromatic carbocycles. The SMILES string of the molecule is COc1ccccc1-n1ncc2c(NCC(=O)O)ncnc21. The molecular weight excluding hydrogens is 286 g/mol. The van der Waals surface area contributed by atoms with Gasteiger partial charge in [-0.3, -0.25) is 4.79 Å². The van der Waals surface area contributed by atoms with Gasteiger partial charge in [0.25, 0.3) is 0 Å². The molecule has 0 aliphatic heterocycles. The highest BCUT2D eigenvalue weighted by molar-refractivity contribution is 5.88. The minimum Gasteiger partial charge on any atom is -0.494 e. The number of anilines is 1. The van der Waals surface area contributed by atoms with Gasteiger partial charge in [-0.15, -0.1) is 0 Å². The number of para-hydroxylation sites is 2. The molecule has 2 heterocycles. The summed E-state index contributed by atoms with van der Waals surface area (Å²) in [5.41, 5.74) is 1.30. The maximum atomic E-state index is 10.7. The van der Waals surface area contributed by atoms with Crippen molar-refractivity contribution in [1.29, 1.82) is 0 Å². The number of nitrogens with zero attached hydrogens (tertiary/aromatic N) is 4. The first kappa shape index (κ1) is 13.8. The molecule has 0 saturated heterocycles. The van der Waals surface area contributed by atoms with Gasteiger partial charge in [0.05, 0.1) is 18.7 Å². The fourth-order valence-corrected chi connectivity index (χ4v) is 2.13. The van der Waals surface area contributed by atoms with Crippen molar-refractivity contribution in [2.24, 2.45) is 0 Å². The topological polar surface area (TPSA) is 102 Å². The second-order valence-electron chi connectivity index (χ2n) is 4.44. The first-order chi connectivity index (χ1) is 10.7. The van der Waals surface area contributed by atoms with Gasteiger partial charge in [-0.1, -0.05) is 12.1 Å². The minimum atomic E-state index is -0.969. The zero-order valence-corrected chi connectivity index (χ0v) is 11.7. The van der Waals surface area contributed by atoms with Crippen molar-refractivity contribution in [3.8, 4) is 11.4 Å². The van der Waals surface area contributed by atoms with Crippen LogP contribution in [-0.4, -0.2) is 44.5 Å². The number of benzene rings is 1. The van der Waals surface area contributed by atoms with Crippen LogP contribution < -0.4 is 10.1 Å². The van der Waals surface area contributed by atoms with Gasteiger partial charge < -0.3 is 15.2 Å². The molecule has 3 aromatic rings. The summed E-state index contributed by atoms with van der Waals surface area (Å²) in [6, 6.07) is 7.42. The second kappa shape index (κ2) is 5.68. The van der Waals surface area contributed by atoms with Crippen molar-refractivity contribution in [3.63, 3.8) is 0 Å². The van der Waals surface area contributed by atoms with Crippen LogP contribution in [0.5, 0.6) is 5.75 Å². The third-order valence-electron chi connectivity index (χ3n) is 3.09. The molecule has 8 heteroatoms. The number of aliphatic carboxylic acids is 1. The Hall–Kier alpha value is -3.16. The highest BCUT2D eigenvalue weighted by atomic mass is 16.5. The molecule has 3 rings (SSSR count). The summed E-state index contributed by atoms with van der Waals surface area (Å²) in [5.74, 6) is 0.114. The Bertz CT molecular complexity index is 830. The predicted octanol–water partition coefficient (Wildman–Crippen LogP) is 1.32. The third-order valence-corrected chi connectivity index (χ3v) is 3.09. The number of methoxy groups -OCH3 is 1. The maximum Gasteiger partial charge on any atom is 0.322 e. The van der Waals surface area contributed by atoms with Crippen LogP contribution in [0.2, 0.25) is 0 Å². The quantitative estimate of drug-likeness (QED) is 0.732. The van der Waals surface area contributed by atoms with Crippen molar-refractivity contribution in [2.75, 3.05) is 19.0 Å². The molecule has 22 heavy (non-hydrogen) atoms. The van der Waals surface area contributed by atoms with E-state index in [0.29, 0.717) is 22.6 Å². The van der Waals surface area contributed by atoms with Gasteiger partial charge in [0.15, 0.2) is 5.65 Å². The van der Waals surface area contributed by atoms with E-state index in [0.717, 1.165) is 5.69 Å². The van der Waals surface area contributed by atoms with Gasteiger partial charge in [-0.25, -0.2) is 14.6 Å². The molecule has 0 saturated carbocycles. The molecule has 2 N–H and O–H groups in total. The lowest BCUT2D eigenvalue weighted by Crippen LogP contribution is -2.13. The molecule has 0 unspecified atom stereocenters. The Balaban J connectivity index is 2.09. The fraction of sp³-hybridized carbons (Fsp3) is 0.143. The van der Waals surface area contributed by atoms with Crippen LogP contribution in [0.4, 0.5) is 5.82 Å². The van der Waals surface area contributed by atoms with Crippen molar-refractivity contribution in [3.05, 3.63) is 36.8 Å². The van der Waals surface area contributed by atoms with E-state index in [4.69, 9.17) is 9.84 Å². The average molecular weight is 299 g/mol. The van der Waals surface area contributed by atoms with Crippen LogP contribution in [0, 0.1) is 0 Å². The maximum absolute atomic E-state index is 10.7. The zero-order chi connectivity index (χ0) is 15.5. The number of nitrogens with one attached hydrogen (secondary N) is 1. The summed E-state index contributed by atoms with van der Waals surface area (Å²) in [7, 11) is 1.58. The summed E-state index contributed by atoms with van der Waals surface area (Å²) in [6.45, 7) is -0.230. The van der Waals surface area contributed by atoms with Crippen molar-refractivity contribution < 1.29 is 14.6 Å². The number of ether oxygens (including phenoxy) is 1. The summed E-state index contributed by atoms with van der Waals surface area (Å²) >= 11 is 0. The Morgan fingerprint density at radius 2 is 2.18 bits per heavy atom. The van der Waals surface area contributed by atoms with Crippen LogP contribution in [0.15, 0.2) is 36.8 Å². The molecule has 0 spiro atoms. The number of hydrogen-bond acceptors (Lipinski definition) is 6. The molecule has 0 amide bonds. The van der Waals surface area contributed by atoms with Crippen LogP contribution in [0.25, 0.3) is 16.7 Å². The predicted molar refractivity (Wildman–Crippen MR) is 79.3 cm³/mol. The van der Waals surface area contributed by atoms with Gasteiger partial charge in [-0.2, -0.15) is 5.10 Å².